The van der Waals surface area contributed by atoms with Crippen LogP contribution in [0.1, 0.15) is 26.3 Å². The lowest BCUT2D eigenvalue weighted by molar-refractivity contribution is -0.148. The predicted molar refractivity (Wildman–Crippen MR) is 111 cm³/mol. The number of carbonyl (C=O) groups is 2. The molecule has 1 amide bonds. The quantitative estimate of drug-likeness (QED) is 0.607. The average Bonchev–Trinajstić information content (AvgIpc) is 3.07. The second-order valence-electron chi connectivity index (χ2n) is 7.87. The summed E-state index contributed by atoms with van der Waals surface area (Å²) in [6.45, 7) is 5.21. The zero-order valence-electron chi connectivity index (χ0n) is 17.3. The molecular weight excluding hydrogens is 405 g/mol. The number of esters is 1. The van der Waals surface area contributed by atoms with Gasteiger partial charge in [0.2, 0.25) is 5.89 Å². The van der Waals surface area contributed by atoms with Crippen LogP contribution in [0.5, 0.6) is 0 Å². The van der Waals surface area contributed by atoms with E-state index in [0.29, 0.717) is 11.3 Å². The Balaban J connectivity index is 1.52. The number of halogens is 1. The third kappa shape index (κ3) is 5.88. The molecule has 0 aliphatic carbocycles. The molecule has 0 aliphatic rings. The number of hydrogen-bond acceptors (Lipinski definition) is 6. The first kappa shape index (κ1) is 21.9. The highest BCUT2D eigenvalue weighted by Crippen LogP contribution is 2.23. The fourth-order valence-electron chi connectivity index (χ4n) is 2.68. The first-order valence-corrected chi connectivity index (χ1v) is 9.52. The summed E-state index contributed by atoms with van der Waals surface area (Å²) in [4.78, 5) is 35.9. The van der Waals surface area contributed by atoms with Gasteiger partial charge >= 0.3 is 11.7 Å². The minimum Gasteiger partial charge on any atom is -0.454 e. The van der Waals surface area contributed by atoms with Crippen LogP contribution in [0.2, 0.25) is 0 Å². The van der Waals surface area contributed by atoms with Gasteiger partial charge in [0.15, 0.2) is 6.61 Å². The topological polar surface area (TPSA) is 103 Å². The van der Waals surface area contributed by atoms with Crippen molar-refractivity contribution in [1.29, 1.82) is 0 Å². The van der Waals surface area contributed by atoms with Crippen molar-refractivity contribution < 1.29 is 23.1 Å². The summed E-state index contributed by atoms with van der Waals surface area (Å²) < 4.78 is 23.6. The Morgan fingerprint density at radius 2 is 1.74 bits per heavy atom. The van der Waals surface area contributed by atoms with E-state index in [2.05, 4.69) is 31.2 Å². The fourth-order valence-corrected chi connectivity index (χ4v) is 2.68. The van der Waals surface area contributed by atoms with E-state index in [1.807, 2.05) is 12.1 Å². The van der Waals surface area contributed by atoms with E-state index in [0.717, 1.165) is 10.2 Å². The molecule has 9 heteroatoms. The monoisotopic (exact) mass is 427 g/mol. The predicted octanol–water partition coefficient (Wildman–Crippen LogP) is 3.12. The molecule has 0 bridgehead atoms. The lowest BCUT2D eigenvalue weighted by Gasteiger charge is -2.19. The van der Waals surface area contributed by atoms with Gasteiger partial charge in [0.05, 0.1) is 0 Å². The number of nitrogens with one attached hydrogen (secondary N) is 1. The smallest absolute Gasteiger partial charge is 0.437 e. The van der Waals surface area contributed by atoms with Crippen LogP contribution in [0.3, 0.4) is 0 Å². The van der Waals surface area contributed by atoms with Crippen LogP contribution < -0.4 is 11.1 Å². The maximum atomic E-state index is 13.0. The minimum atomic E-state index is -0.875. The molecule has 31 heavy (non-hydrogen) atoms. The molecule has 2 aromatic carbocycles. The lowest BCUT2D eigenvalue weighted by Crippen LogP contribution is -2.26. The van der Waals surface area contributed by atoms with Gasteiger partial charge in [-0.3, -0.25) is 9.59 Å². The van der Waals surface area contributed by atoms with Gasteiger partial charge in [0.1, 0.15) is 12.4 Å². The molecule has 0 atom stereocenters. The third-order valence-corrected chi connectivity index (χ3v) is 4.38. The van der Waals surface area contributed by atoms with Gasteiger partial charge in [0, 0.05) is 11.3 Å². The van der Waals surface area contributed by atoms with E-state index in [4.69, 9.17) is 9.15 Å². The number of rotatable bonds is 6. The third-order valence-electron chi connectivity index (χ3n) is 4.38. The van der Waals surface area contributed by atoms with Crippen LogP contribution in [-0.2, 0) is 26.3 Å². The standard InChI is InChI=1S/C22H22FN3O5/c1-22(2,3)15-6-10-17(11-7-15)24-18(27)13-30-19(28)12-26-21(29)31-20(25-26)14-4-8-16(23)9-5-14/h4-11H,12-13H2,1-3H3,(H,24,27). The maximum absolute atomic E-state index is 13.0. The number of ether oxygens (including phenoxy) is 1. The van der Waals surface area contributed by atoms with Crippen molar-refractivity contribution in [3.8, 4) is 11.5 Å². The summed E-state index contributed by atoms with van der Waals surface area (Å²) in [6.07, 6.45) is 0. The van der Waals surface area contributed by atoms with Crippen LogP contribution in [0, 0.1) is 5.82 Å². The molecule has 0 spiro atoms. The molecule has 0 saturated carbocycles. The minimum absolute atomic E-state index is 0.00611. The van der Waals surface area contributed by atoms with Crippen LogP contribution in [0.4, 0.5) is 10.1 Å². The summed E-state index contributed by atoms with van der Waals surface area (Å²) in [5.41, 5.74) is 2.07. The first-order chi connectivity index (χ1) is 14.6. The molecule has 1 N–H and O–H groups in total. The van der Waals surface area contributed by atoms with E-state index in [9.17, 15) is 18.8 Å². The second kappa shape index (κ2) is 8.95. The van der Waals surface area contributed by atoms with Crippen LogP contribution in [-0.4, -0.2) is 28.3 Å². The molecule has 3 rings (SSSR count). The highest BCUT2D eigenvalue weighted by Gasteiger charge is 2.16. The Hall–Kier alpha value is -3.75. The van der Waals surface area contributed by atoms with E-state index in [-0.39, 0.29) is 11.3 Å². The number of nitrogens with zero attached hydrogens (tertiary/aromatic N) is 2. The number of amides is 1. The molecule has 1 aromatic heterocycles. The number of anilines is 1. The van der Waals surface area contributed by atoms with E-state index < -0.39 is 36.6 Å². The zero-order chi connectivity index (χ0) is 22.6. The largest absolute Gasteiger partial charge is 0.454 e. The summed E-state index contributed by atoms with van der Waals surface area (Å²) in [7, 11) is 0. The summed E-state index contributed by atoms with van der Waals surface area (Å²) in [5.74, 6) is -2.73. The molecule has 0 saturated heterocycles. The molecule has 0 fully saturated rings. The highest BCUT2D eigenvalue weighted by atomic mass is 19.1. The van der Waals surface area contributed by atoms with Crippen LogP contribution >= 0.6 is 0 Å². The van der Waals surface area contributed by atoms with Crippen LogP contribution in [0.15, 0.2) is 57.7 Å². The molecule has 3 aromatic rings. The van der Waals surface area contributed by atoms with E-state index in [1.54, 1.807) is 12.1 Å². The van der Waals surface area contributed by atoms with E-state index >= 15 is 0 Å². The van der Waals surface area contributed by atoms with E-state index in [1.165, 1.54) is 24.3 Å². The molecule has 8 nitrogen and oxygen atoms in total. The van der Waals surface area contributed by atoms with Crippen molar-refractivity contribution in [2.24, 2.45) is 0 Å². The molecule has 0 radical (unpaired) electrons. The Bertz CT molecular complexity index is 1130. The second-order valence-corrected chi connectivity index (χ2v) is 7.87. The fraction of sp³-hybridized carbons (Fsp3) is 0.273. The SMILES string of the molecule is CC(C)(C)c1ccc(NC(=O)COC(=O)Cn2nc(-c3ccc(F)cc3)oc2=O)cc1. The molecule has 162 valence electrons. The average molecular weight is 427 g/mol. The first-order valence-electron chi connectivity index (χ1n) is 9.52. The number of aromatic nitrogens is 2. The summed E-state index contributed by atoms with van der Waals surface area (Å²) in [5, 5.41) is 6.52. The highest BCUT2D eigenvalue weighted by molar-refractivity contribution is 5.92. The van der Waals surface area contributed by atoms with Crippen molar-refractivity contribution in [1.82, 2.24) is 9.78 Å². The Kier molecular flexibility index (Phi) is 6.33. The number of carbonyl (C=O) groups excluding carboxylic acids is 2. The van der Waals surface area contributed by atoms with Gasteiger partial charge in [-0.15, -0.1) is 5.10 Å². The summed E-state index contributed by atoms with van der Waals surface area (Å²) >= 11 is 0. The molecule has 0 unspecified atom stereocenters. The zero-order valence-corrected chi connectivity index (χ0v) is 17.3. The summed E-state index contributed by atoms with van der Waals surface area (Å²) in [6, 6.07) is 12.5. The maximum Gasteiger partial charge on any atom is 0.437 e. The molecular formula is C22H22FN3O5. The van der Waals surface area contributed by atoms with Crippen molar-refractivity contribution in [2.45, 2.75) is 32.7 Å². The lowest BCUT2D eigenvalue weighted by atomic mass is 9.87. The Labute approximate surface area is 177 Å². The van der Waals surface area contributed by atoms with Crippen molar-refractivity contribution in [2.75, 3.05) is 11.9 Å². The van der Waals surface area contributed by atoms with Gasteiger partial charge in [0.25, 0.3) is 5.91 Å². The number of hydrogen-bond donors (Lipinski definition) is 1. The van der Waals surface area contributed by atoms with Gasteiger partial charge < -0.3 is 14.5 Å². The van der Waals surface area contributed by atoms with Crippen molar-refractivity contribution >= 4 is 17.6 Å². The van der Waals surface area contributed by atoms with Gasteiger partial charge in [-0.1, -0.05) is 32.9 Å². The van der Waals surface area contributed by atoms with Crippen LogP contribution in [0.25, 0.3) is 11.5 Å². The van der Waals surface area contributed by atoms with Gasteiger partial charge in [-0.2, -0.15) is 4.68 Å². The Morgan fingerprint density at radius 3 is 2.35 bits per heavy atom. The van der Waals surface area contributed by atoms with Gasteiger partial charge in [-0.05, 0) is 47.4 Å². The normalized spacial score (nSPS) is 11.2. The molecule has 0 aliphatic heterocycles. The van der Waals surface area contributed by atoms with Crippen molar-refractivity contribution in [3.05, 3.63) is 70.5 Å². The number of benzene rings is 2. The molecule has 1 heterocycles. The van der Waals surface area contributed by atoms with Gasteiger partial charge in [-0.25, -0.2) is 9.18 Å². The Morgan fingerprint density at radius 1 is 1.10 bits per heavy atom. The van der Waals surface area contributed by atoms with Crippen molar-refractivity contribution in [3.63, 3.8) is 0 Å².